The Morgan fingerprint density at radius 3 is 2.65 bits per heavy atom. The summed E-state index contributed by atoms with van der Waals surface area (Å²) < 4.78 is 17.6. The van der Waals surface area contributed by atoms with Crippen LogP contribution in [-0.4, -0.2) is 32.9 Å². The van der Waals surface area contributed by atoms with Gasteiger partial charge in [-0.25, -0.2) is 0 Å². The summed E-state index contributed by atoms with van der Waals surface area (Å²) in [6, 6.07) is 18.2. The van der Waals surface area contributed by atoms with Crippen LogP contribution in [-0.2, 0) is 16.1 Å². The molecule has 2 aromatic rings. The zero-order valence-corrected chi connectivity index (χ0v) is 13.4. The molecule has 23 heavy (non-hydrogen) atoms. The second kappa shape index (κ2) is 8.11. The smallest absolute Gasteiger partial charge is 0.151 e. The number of morpholine rings is 1. The first-order valence-electron chi connectivity index (χ1n) is 7.99. The van der Waals surface area contributed by atoms with E-state index in [2.05, 4.69) is 17.4 Å². The molecule has 1 aliphatic heterocycles. The molecule has 2 aromatic carbocycles. The van der Waals surface area contributed by atoms with Crippen LogP contribution >= 0.6 is 0 Å². The first-order valence-corrected chi connectivity index (χ1v) is 7.99. The van der Waals surface area contributed by atoms with Crippen molar-refractivity contribution in [3.8, 4) is 5.75 Å². The summed E-state index contributed by atoms with van der Waals surface area (Å²) in [6.45, 7) is 2.91. The van der Waals surface area contributed by atoms with E-state index < -0.39 is 0 Å². The molecule has 4 heteroatoms. The van der Waals surface area contributed by atoms with Crippen molar-refractivity contribution >= 4 is 0 Å². The number of rotatable bonds is 6. The number of hydrogen-bond donors (Lipinski definition) is 1. The topological polar surface area (TPSA) is 39.7 Å². The molecule has 2 atom stereocenters. The molecule has 122 valence electrons. The fraction of sp³-hybridized carbons (Fsp3) is 0.368. The lowest BCUT2D eigenvalue weighted by molar-refractivity contribution is -0.0438. The van der Waals surface area contributed by atoms with Crippen molar-refractivity contribution in [1.82, 2.24) is 5.32 Å². The number of para-hydroxylation sites is 1. The van der Waals surface area contributed by atoms with Gasteiger partial charge in [0.2, 0.25) is 0 Å². The largest absolute Gasteiger partial charge is 0.483 e. The SMILES string of the molecule is COCc1ccccc1OC(c1ccccc1)C1CNCCO1. The maximum Gasteiger partial charge on any atom is 0.151 e. The Morgan fingerprint density at radius 1 is 1.13 bits per heavy atom. The molecule has 0 aromatic heterocycles. The van der Waals surface area contributed by atoms with Gasteiger partial charge in [0.05, 0.1) is 13.2 Å². The van der Waals surface area contributed by atoms with E-state index in [0.717, 1.165) is 30.0 Å². The Hall–Kier alpha value is -1.88. The van der Waals surface area contributed by atoms with Gasteiger partial charge >= 0.3 is 0 Å². The van der Waals surface area contributed by atoms with Gasteiger partial charge in [0, 0.05) is 25.8 Å². The zero-order valence-electron chi connectivity index (χ0n) is 13.4. The fourth-order valence-corrected chi connectivity index (χ4v) is 2.81. The number of methoxy groups -OCH3 is 1. The highest BCUT2D eigenvalue weighted by molar-refractivity contribution is 5.34. The van der Waals surface area contributed by atoms with Crippen LogP contribution in [0.4, 0.5) is 0 Å². The Kier molecular flexibility index (Phi) is 5.64. The molecule has 0 aliphatic carbocycles. The number of benzene rings is 2. The minimum Gasteiger partial charge on any atom is -0.483 e. The van der Waals surface area contributed by atoms with E-state index in [-0.39, 0.29) is 12.2 Å². The second-order valence-corrected chi connectivity index (χ2v) is 5.60. The lowest BCUT2D eigenvalue weighted by atomic mass is 10.0. The summed E-state index contributed by atoms with van der Waals surface area (Å²) in [5, 5.41) is 3.38. The van der Waals surface area contributed by atoms with Crippen LogP contribution in [0.15, 0.2) is 54.6 Å². The molecule has 1 heterocycles. The first kappa shape index (κ1) is 16.0. The van der Waals surface area contributed by atoms with Crippen molar-refractivity contribution < 1.29 is 14.2 Å². The third-order valence-electron chi connectivity index (χ3n) is 3.95. The number of nitrogens with one attached hydrogen (secondary N) is 1. The van der Waals surface area contributed by atoms with Gasteiger partial charge in [0.25, 0.3) is 0 Å². The summed E-state index contributed by atoms with van der Waals surface area (Å²) in [4.78, 5) is 0. The zero-order chi connectivity index (χ0) is 15.9. The third kappa shape index (κ3) is 4.10. The van der Waals surface area contributed by atoms with Crippen LogP contribution in [0.25, 0.3) is 0 Å². The maximum atomic E-state index is 6.38. The Balaban J connectivity index is 1.86. The average molecular weight is 313 g/mol. The highest BCUT2D eigenvalue weighted by Crippen LogP contribution is 2.29. The van der Waals surface area contributed by atoms with Crippen LogP contribution in [0.5, 0.6) is 5.75 Å². The molecule has 1 N–H and O–H groups in total. The van der Waals surface area contributed by atoms with Gasteiger partial charge in [-0.05, 0) is 11.6 Å². The van der Waals surface area contributed by atoms with Crippen molar-refractivity contribution in [2.45, 2.75) is 18.8 Å². The minimum absolute atomic E-state index is 0.0123. The van der Waals surface area contributed by atoms with Crippen LogP contribution in [0.2, 0.25) is 0 Å². The number of ether oxygens (including phenoxy) is 3. The van der Waals surface area contributed by atoms with Crippen LogP contribution in [0, 0.1) is 0 Å². The molecule has 0 radical (unpaired) electrons. The molecule has 1 saturated heterocycles. The minimum atomic E-state index is -0.151. The van der Waals surface area contributed by atoms with E-state index in [1.165, 1.54) is 0 Å². The van der Waals surface area contributed by atoms with Gasteiger partial charge in [-0.2, -0.15) is 0 Å². The van der Waals surface area contributed by atoms with Gasteiger partial charge in [0.15, 0.2) is 6.10 Å². The van der Waals surface area contributed by atoms with Gasteiger partial charge in [-0.3, -0.25) is 0 Å². The second-order valence-electron chi connectivity index (χ2n) is 5.60. The summed E-state index contributed by atoms with van der Waals surface area (Å²) in [5.41, 5.74) is 2.16. The van der Waals surface area contributed by atoms with Crippen molar-refractivity contribution in [2.24, 2.45) is 0 Å². The molecular weight excluding hydrogens is 290 g/mol. The Bertz CT molecular complexity index is 597. The maximum absolute atomic E-state index is 6.38. The van der Waals surface area contributed by atoms with Crippen LogP contribution in [0.1, 0.15) is 17.2 Å². The molecule has 0 saturated carbocycles. The van der Waals surface area contributed by atoms with Crippen molar-refractivity contribution in [3.63, 3.8) is 0 Å². The van der Waals surface area contributed by atoms with E-state index in [0.29, 0.717) is 13.2 Å². The standard InChI is InChI=1S/C19H23NO3/c1-21-14-16-9-5-6-10-17(16)23-19(15-7-3-2-4-8-15)18-13-20-11-12-22-18/h2-10,18-20H,11-14H2,1H3. The highest BCUT2D eigenvalue weighted by Gasteiger charge is 2.28. The lowest BCUT2D eigenvalue weighted by Crippen LogP contribution is -2.43. The Labute approximate surface area is 137 Å². The van der Waals surface area contributed by atoms with Crippen molar-refractivity contribution in [2.75, 3.05) is 26.8 Å². The van der Waals surface area contributed by atoms with Crippen LogP contribution in [0.3, 0.4) is 0 Å². The molecule has 1 aliphatic rings. The summed E-state index contributed by atoms with van der Waals surface area (Å²) in [5.74, 6) is 0.845. The lowest BCUT2D eigenvalue weighted by Gasteiger charge is -2.32. The molecule has 1 fully saturated rings. The monoisotopic (exact) mass is 313 g/mol. The highest BCUT2D eigenvalue weighted by atomic mass is 16.5. The van der Waals surface area contributed by atoms with Gasteiger partial charge in [-0.15, -0.1) is 0 Å². The first-order chi connectivity index (χ1) is 11.4. The molecular formula is C19H23NO3. The fourth-order valence-electron chi connectivity index (χ4n) is 2.81. The molecule has 3 rings (SSSR count). The van der Waals surface area contributed by atoms with Gasteiger partial charge < -0.3 is 19.5 Å². The molecule has 0 bridgehead atoms. The summed E-state index contributed by atoms with van der Waals surface area (Å²) in [7, 11) is 1.69. The van der Waals surface area contributed by atoms with E-state index in [4.69, 9.17) is 14.2 Å². The summed E-state index contributed by atoms with van der Waals surface area (Å²) >= 11 is 0. The van der Waals surface area contributed by atoms with Crippen molar-refractivity contribution in [1.29, 1.82) is 0 Å². The van der Waals surface area contributed by atoms with Gasteiger partial charge in [0.1, 0.15) is 11.9 Å². The molecule has 0 amide bonds. The molecule has 0 spiro atoms. The quantitative estimate of drug-likeness (QED) is 0.890. The predicted molar refractivity (Wildman–Crippen MR) is 89.6 cm³/mol. The number of hydrogen-bond acceptors (Lipinski definition) is 4. The van der Waals surface area contributed by atoms with Crippen molar-refractivity contribution in [3.05, 3.63) is 65.7 Å². The Morgan fingerprint density at radius 2 is 1.91 bits per heavy atom. The van der Waals surface area contributed by atoms with E-state index in [1.54, 1.807) is 7.11 Å². The van der Waals surface area contributed by atoms with Gasteiger partial charge in [-0.1, -0.05) is 48.5 Å². The van der Waals surface area contributed by atoms with Crippen LogP contribution < -0.4 is 10.1 Å². The van der Waals surface area contributed by atoms with E-state index in [1.807, 2.05) is 42.5 Å². The van der Waals surface area contributed by atoms with E-state index >= 15 is 0 Å². The molecule has 4 nitrogen and oxygen atoms in total. The molecule has 2 unspecified atom stereocenters. The predicted octanol–water partition coefficient (Wildman–Crippen LogP) is 2.94. The normalized spacial score (nSPS) is 19.3. The summed E-state index contributed by atoms with van der Waals surface area (Å²) in [6.07, 6.45) is -0.163. The third-order valence-corrected chi connectivity index (χ3v) is 3.95. The average Bonchev–Trinajstić information content (AvgIpc) is 2.63. The van der Waals surface area contributed by atoms with E-state index in [9.17, 15) is 0 Å².